The molecule has 0 radical (unpaired) electrons. The summed E-state index contributed by atoms with van der Waals surface area (Å²) in [6, 6.07) is 7.46. The molecule has 0 N–H and O–H groups in total. The smallest absolute Gasteiger partial charge is 0.371 e. The maximum atomic E-state index is 11.9. The molecule has 0 aliphatic rings. The van der Waals surface area contributed by atoms with Gasteiger partial charge in [0.1, 0.15) is 6.61 Å². The normalized spacial score (nSPS) is 13.7. The van der Waals surface area contributed by atoms with Gasteiger partial charge in [0.25, 0.3) is 0 Å². The summed E-state index contributed by atoms with van der Waals surface area (Å²) in [5.41, 5.74) is 0.943. The topological polar surface area (TPSA) is 9.23 Å². The first-order chi connectivity index (χ1) is 7.92. The van der Waals surface area contributed by atoms with Gasteiger partial charge in [-0.25, -0.2) is 0 Å². The number of alkyl halides is 4. The van der Waals surface area contributed by atoms with Crippen LogP contribution >= 0.6 is 31.9 Å². The van der Waals surface area contributed by atoms with Gasteiger partial charge in [0.2, 0.25) is 0 Å². The minimum atomic E-state index is -4.27. The molecule has 0 bridgehead atoms. The average molecular weight is 376 g/mol. The van der Waals surface area contributed by atoms with E-state index in [0.717, 1.165) is 10.0 Å². The largest absolute Gasteiger partial charge is 0.411 e. The van der Waals surface area contributed by atoms with Crippen LogP contribution in [-0.2, 0) is 4.74 Å². The van der Waals surface area contributed by atoms with Gasteiger partial charge in [-0.1, -0.05) is 44.0 Å². The van der Waals surface area contributed by atoms with Gasteiger partial charge in [-0.05, 0) is 17.7 Å². The van der Waals surface area contributed by atoms with Crippen LogP contribution in [0.5, 0.6) is 0 Å². The number of halogens is 5. The predicted octanol–water partition coefficient (Wildman–Crippen LogP) is 4.51. The van der Waals surface area contributed by atoms with Gasteiger partial charge in [-0.15, -0.1) is 0 Å². The lowest BCUT2D eigenvalue weighted by Crippen LogP contribution is -2.20. The maximum Gasteiger partial charge on any atom is 0.411 e. The summed E-state index contributed by atoms with van der Waals surface area (Å²) >= 11 is 6.60. The summed E-state index contributed by atoms with van der Waals surface area (Å²) in [6.07, 6.45) is -4.27. The lowest BCUT2D eigenvalue weighted by molar-refractivity contribution is -0.174. The average Bonchev–Trinajstić information content (AvgIpc) is 2.23. The highest BCUT2D eigenvalue weighted by Crippen LogP contribution is 2.23. The van der Waals surface area contributed by atoms with E-state index >= 15 is 0 Å². The molecular weight excluding hydrogens is 365 g/mol. The molecule has 17 heavy (non-hydrogen) atoms. The second-order valence-electron chi connectivity index (χ2n) is 3.54. The molecule has 6 heteroatoms. The standard InChI is InChI=1S/C11H11Br2F3O/c12-5-9(6-17-7-11(14,15)16)8-2-1-3-10(13)4-8/h1-4,9H,5-7H2. The minimum Gasteiger partial charge on any atom is -0.371 e. The first kappa shape index (κ1) is 15.0. The van der Waals surface area contributed by atoms with Gasteiger partial charge in [0, 0.05) is 15.7 Å². The summed E-state index contributed by atoms with van der Waals surface area (Å²) in [5.74, 6) is -0.0881. The highest BCUT2D eigenvalue weighted by Gasteiger charge is 2.28. The van der Waals surface area contributed by atoms with Crippen LogP contribution in [0.3, 0.4) is 0 Å². The second-order valence-corrected chi connectivity index (χ2v) is 5.10. The van der Waals surface area contributed by atoms with Crippen molar-refractivity contribution in [3.8, 4) is 0 Å². The molecule has 1 unspecified atom stereocenters. The van der Waals surface area contributed by atoms with E-state index in [0.29, 0.717) is 5.33 Å². The van der Waals surface area contributed by atoms with Gasteiger partial charge in [0.15, 0.2) is 0 Å². The third kappa shape index (κ3) is 5.88. The molecule has 0 aromatic heterocycles. The molecule has 0 saturated carbocycles. The van der Waals surface area contributed by atoms with Gasteiger partial charge in [-0.3, -0.25) is 0 Å². The zero-order valence-corrected chi connectivity index (χ0v) is 12.0. The molecule has 0 fully saturated rings. The third-order valence-corrected chi connectivity index (χ3v) is 3.37. The van der Waals surface area contributed by atoms with E-state index in [1.165, 1.54) is 0 Å². The Morgan fingerprint density at radius 2 is 2.00 bits per heavy atom. The molecule has 0 saturated heterocycles. The molecule has 0 aliphatic heterocycles. The Kier molecular flexibility index (Phi) is 5.95. The van der Waals surface area contributed by atoms with Crippen LogP contribution in [0.2, 0.25) is 0 Å². The molecule has 96 valence electrons. The number of hydrogen-bond donors (Lipinski definition) is 0. The summed E-state index contributed by atoms with van der Waals surface area (Å²) in [7, 11) is 0. The fraction of sp³-hybridized carbons (Fsp3) is 0.455. The van der Waals surface area contributed by atoms with E-state index < -0.39 is 12.8 Å². The molecule has 1 aromatic carbocycles. The Hall–Kier alpha value is -0.0700. The van der Waals surface area contributed by atoms with Crippen LogP contribution < -0.4 is 0 Å². The highest BCUT2D eigenvalue weighted by molar-refractivity contribution is 9.10. The van der Waals surface area contributed by atoms with Crippen molar-refractivity contribution in [1.29, 1.82) is 0 Å². The van der Waals surface area contributed by atoms with Crippen LogP contribution in [0.15, 0.2) is 28.7 Å². The molecule has 0 spiro atoms. The fourth-order valence-corrected chi connectivity index (χ4v) is 2.28. The van der Waals surface area contributed by atoms with E-state index in [2.05, 4.69) is 36.6 Å². The van der Waals surface area contributed by atoms with Crippen molar-refractivity contribution in [2.24, 2.45) is 0 Å². The van der Waals surface area contributed by atoms with Gasteiger partial charge < -0.3 is 4.74 Å². The number of benzene rings is 1. The summed E-state index contributed by atoms with van der Waals surface area (Å²) in [6.45, 7) is -1.16. The lowest BCUT2D eigenvalue weighted by atomic mass is 10.0. The minimum absolute atomic E-state index is 0.0429. The Bertz CT molecular complexity index is 355. The van der Waals surface area contributed by atoms with Gasteiger partial charge >= 0.3 is 6.18 Å². The Balaban J connectivity index is 2.54. The molecule has 0 aliphatic carbocycles. The predicted molar refractivity (Wildman–Crippen MR) is 67.6 cm³/mol. The second kappa shape index (κ2) is 6.75. The maximum absolute atomic E-state index is 11.9. The van der Waals surface area contributed by atoms with Crippen molar-refractivity contribution >= 4 is 31.9 Å². The molecule has 0 heterocycles. The van der Waals surface area contributed by atoms with Crippen molar-refractivity contribution < 1.29 is 17.9 Å². The molecule has 1 atom stereocenters. The first-order valence-electron chi connectivity index (χ1n) is 4.88. The van der Waals surface area contributed by atoms with E-state index in [4.69, 9.17) is 0 Å². The van der Waals surface area contributed by atoms with E-state index in [-0.39, 0.29) is 12.5 Å². The van der Waals surface area contributed by atoms with E-state index in [1.807, 2.05) is 24.3 Å². The highest BCUT2D eigenvalue weighted by atomic mass is 79.9. The molecule has 1 aromatic rings. The lowest BCUT2D eigenvalue weighted by Gasteiger charge is -2.16. The van der Waals surface area contributed by atoms with Crippen molar-refractivity contribution in [3.05, 3.63) is 34.3 Å². The van der Waals surface area contributed by atoms with Crippen molar-refractivity contribution in [3.63, 3.8) is 0 Å². The number of hydrogen-bond acceptors (Lipinski definition) is 1. The zero-order valence-electron chi connectivity index (χ0n) is 8.81. The first-order valence-corrected chi connectivity index (χ1v) is 6.80. The van der Waals surface area contributed by atoms with Gasteiger partial charge in [0.05, 0.1) is 6.61 Å². The summed E-state index contributed by atoms with van der Waals surface area (Å²) in [4.78, 5) is 0. The van der Waals surface area contributed by atoms with Crippen LogP contribution in [0.1, 0.15) is 11.5 Å². The van der Waals surface area contributed by atoms with Crippen LogP contribution in [0.25, 0.3) is 0 Å². The van der Waals surface area contributed by atoms with Crippen molar-refractivity contribution in [2.75, 3.05) is 18.5 Å². The fourth-order valence-electron chi connectivity index (χ4n) is 1.31. The third-order valence-electron chi connectivity index (χ3n) is 2.09. The molecular formula is C11H11Br2F3O. The van der Waals surface area contributed by atoms with Crippen LogP contribution in [0, 0.1) is 0 Å². The van der Waals surface area contributed by atoms with Crippen molar-refractivity contribution in [2.45, 2.75) is 12.1 Å². The SMILES string of the molecule is FC(F)(F)COCC(CBr)c1cccc(Br)c1. The zero-order chi connectivity index (χ0) is 12.9. The molecule has 1 nitrogen and oxygen atoms in total. The monoisotopic (exact) mass is 374 g/mol. The number of rotatable bonds is 5. The number of ether oxygens (including phenoxy) is 1. The van der Waals surface area contributed by atoms with E-state index in [9.17, 15) is 13.2 Å². The van der Waals surface area contributed by atoms with Crippen molar-refractivity contribution in [1.82, 2.24) is 0 Å². The molecule has 1 rings (SSSR count). The Morgan fingerprint density at radius 3 is 2.53 bits per heavy atom. The van der Waals surface area contributed by atoms with E-state index in [1.54, 1.807) is 0 Å². The summed E-state index contributed by atoms with van der Waals surface area (Å²) < 4.78 is 41.4. The Labute approximate surface area is 115 Å². The quantitative estimate of drug-likeness (QED) is 0.688. The summed E-state index contributed by atoms with van der Waals surface area (Å²) in [5, 5.41) is 0.557. The van der Waals surface area contributed by atoms with Crippen LogP contribution in [-0.4, -0.2) is 24.7 Å². The Morgan fingerprint density at radius 1 is 1.29 bits per heavy atom. The van der Waals surface area contributed by atoms with Crippen LogP contribution in [0.4, 0.5) is 13.2 Å². The van der Waals surface area contributed by atoms with Gasteiger partial charge in [-0.2, -0.15) is 13.2 Å². The molecule has 0 amide bonds.